The highest BCUT2D eigenvalue weighted by Gasteiger charge is 2.50. The van der Waals surface area contributed by atoms with Crippen molar-refractivity contribution in [3.8, 4) is 0 Å². The van der Waals surface area contributed by atoms with Gasteiger partial charge in [-0.1, -0.05) is 303 Å². The third-order valence-corrected chi connectivity index (χ3v) is 16.3. The lowest BCUT2D eigenvalue weighted by atomic mass is 9.98. The molecule has 0 bridgehead atoms. The molecule has 0 aliphatic carbocycles. The highest BCUT2D eigenvalue weighted by molar-refractivity contribution is 5.74. The number of aliphatic hydroxyl groups is 2. The van der Waals surface area contributed by atoms with Crippen molar-refractivity contribution in [2.75, 3.05) is 13.2 Å². The van der Waals surface area contributed by atoms with Crippen molar-refractivity contribution in [1.82, 2.24) is 0 Å². The molecule has 476 valence electrons. The van der Waals surface area contributed by atoms with Crippen molar-refractivity contribution in [1.29, 1.82) is 0 Å². The van der Waals surface area contributed by atoms with Gasteiger partial charge in [-0.05, 0) is 44.9 Å². The van der Waals surface area contributed by atoms with E-state index < -0.39 is 67.3 Å². The van der Waals surface area contributed by atoms with Crippen LogP contribution in [0.1, 0.15) is 355 Å². The molecule has 1 fully saturated rings. The maximum absolute atomic E-state index is 13.2. The number of hydrogen-bond donors (Lipinski definition) is 3. The van der Waals surface area contributed by atoms with Crippen LogP contribution in [0.4, 0.5) is 0 Å². The summed E-state index contributed by atoms with van der Waals surface area (Å²) < 4.78 is 28.6. The van der Waals surface area contributed by atoms with Crippen LogP contribution in [0.25, 0.3) is 0 Å². The van der Waals surface area contributed by atoms with E-state index in [0.717, 1.165) is 77.0 Å². The first-order valence-electron chi connectivity index (χ1n) is 34.7. The summed E-state index contributed by atoms with van der Waals surface area (Å²) >= 11 is 0. The Morgan fingerprint density at radius 2 is 0.704 bits per heavy atom. The first-order chi connectivity index (χ1) is 39.6. The summed E-state index contributed by atoms with van der Waals surface area (Å²) in [6.07, 6.45) is 54.6. The molecule has 12 heteroatoms. The number of carbonyl (C=O) groups is 4. The third-order valence-electron chi connectivity index (χ3n) is 16.3. The van der Waals surface area contributed by atoms with Crippen LogP contribution in [0.2, 0.25) is 0 Å². The summed E-state index contributed by atoms with van der Waals surface area (Å²) in [5, 5.41) is 31.6. The van der Waals surface area contributed by atoms with Crippen LogP contribution in [0.3, 0.4) is 0 Å². The zero-order valence-corrected chi connectivity index (χ0v) is 52.8. The predicted octanol–water partition coefficient (Wildman–Crippen LogP) is 18.8. The molecule has 0 spiro atoms. The largest absolute Gasteiger partial charge is 0.479 e. The van der Waals surface area contributed by atoms with Crippen LogP contribution < -0.4 is 0 Å². The summed E-state index contributed by atoms with van der Waals surface area (Å²) in [7, 11) is 0. The van der Waals surface area contributed by atoms with Crippen LogP contribution in [-0.2, 0) is 42.9 Å². The topological polar surface area (TPSA) is 175 Å². The summed E-state index contributed by atoms with van der Waals surface area (Å²) in [6.45, 7) is 6.05. The van der Waals surface area contributed by atoms with Crippen molar-refractivity contribution in [2.45, 2.75) is 391 Å². The van der Waals surface area contributed by atoms with Gasteiger partial charge >= 0.3 is 23.9 Å². The number of rotatable bonds is 61. The van der Waals surface area contributed by atoms with E-state index in [1.807, 2.05) is 0 Å². The fourth-order valence-electron chi connectivity index (χ4n) is 11.0. The Kier molecular flexibility index (Phi) is 54.6. The van der Waals surface area contributed by atoms with E-state index in [1.165, 1.54) is 218 Å². The minimum Gasteiger partial charge on any atom is -0.479 e. The van der Waals surface area contributed by atoms with Gasteiger partial charge in [-0.15, -0.1) is 0 Å². The summed E-state index contributed by atoms with van der Waals surface area (Å²) in [6, 6.07) is 0. The number of carbonyl (C=O) groups excluding carboxylic acids is 3. The molecule has 6 unspecified atom stereocenters. The van der Waals surface area contributed by atoms with Gasteiger partial charge in [0, 0.05) is 19.3 Å². The Morgan fingerprint density at radius 3 is 1.06 bits per heavy atom. The molecule has 1 rings (SSSR count). The lowest BCUT2D eigenvalue weighted by molar-refractivity contribution is -0.301. The molecule has 0 aromatic heterocycles. The third kappa shape index (κ3) is 47.4. The molecular formula is C69H128O12. The number of hydrogen-bond acceptors (Lipinski definition) is 11. The van der Waals surface area contributed by atoms with Crippen molar-refractivity contribution in [2.24, 2.45) is 0 Å². The van der Waals surface area contributed by atoms with Gasteiger partial charge in [0.1, 0.15) is 18.8 Å². The van der Waals surface area contributed by atoms with Gasteiger partial charge in [-0.25, -0.2) is 4.79 Å². The molecule has 1 aliphatic heterocycles. The fraction of sp³-hybridized carbons (Fsp3) is 0.913. The highest BCUT2D eigenvalue weighted by atomic mass is 16.7. The van der Waals surface area contributed by atoms with E-state index in [2.05, 4.69) is 32.9 Å². The molecular weight excluding hydrogens is 1020 g/mol. The van der Waals surface area contributed by atoms with Crippen LogP contribution in [0, 0.1) is 0 Å². The molecule has 0 aromatic rings. The van der Waals surface area contributed by atoms with Crippen molar-refractivity contribution >= 4 is 23.9 Å². The van der Waals surface area contributed by atoms with E-state index in [0.29, 0.717) is 19.3 Å². The average Bonchev–Trinajstić information content (AvgIpc) is 3.54. The molecule has 0 saturated carbocycles. The van der Waals surface area contributed by atoms with E-state index >= 15 is 0 Å². The first-order valence-corrected chi connectivity index (χ1v) is 34.7. The lowest BCUT2D eigenvalue weighted by Gasteiger charge is -2.40. The fourth-order valence-corrected chi connectivity index (χ4v) is 11.0. The maximum Gasteiger partial charge on any atom is 0.335 e. The van der Waals surface area contributed by atoms with E-state index in [4.69, 9.17) is 23.7 Å². The number of ether oxygens (including phenoxy) is 5. The second kappa shape index (κ2) is 57.9. The van der Waals surface area contributed by atoms with Crippen molar-refractivity contribution < 1.29 is 58.2 Å². The number of allylic oxidation sites excluding steroid dienone is 2. The maximum atomic E-state index is 13.2. The molecule has 81 heavy (non-hydrogen) atoms. The van der Waals surface area contributed by atoms with E-state index in [9.17, 15) is 34.5 Å². The second-order valence-electron chi connectivity index (χ2n) is 24.2. The minimum absolute atomic E-state index is 0.0686. The summed E-state index contributed by atoms with van der Waals surface area (Å²) in [4.78, 5) is 51.4. The van der Waals surface area contributed by atoms with Gasteiger partial charge in [-0.2, -0.15) is 0 Å². The predicted molar refractivity (Wildman–Crippen MR) is 331 cm³/mol. The van der Waals surface area contributed by atoms with E-state index in [1.54, 1.807) is 0 Å². The Balaban J connectivity index is 2.58. The summed E-state index contributed by atoms with van der Waals surface area (Å²) in [5.41, 5.74) is 0. The molecule has 0 radical (unpaired) electrons. The molecule has 12 nitrogen and oxygen atoms in total. The molecule has 1 aliphatic rings. The summed E-state index contributed by atoms with van der Waals surface area (Å²) in [5.74, 6) is -3.08. The number of aliphatic hydroxyl groups excluding tert-OH is 2. The number of aliphatic carboxylic acids is 1. The standard InChI is InChI=1S/C69H128O12/c1-4-7-10-13-16-19-22-25-27-29-31-33-35-38-40-43-46-49-52-55-61(70)77-58-60(79-62(71)56-53-50-47-44-41-37-24-21-18-15-12-9-6-3)59-78-69-67(65(74)64(73)66(81-69)68(75)76)80-63(72)57-54-51-48-45-42-39-36-34-32-30-28-26-23-20-17-14-11-8-5-2/h21,24,60,64-67,69,73-74H,4-20,22-23,25-59H2,1-3H3,(H,75,76)/b24-21-. The van der Waals surface area contributed by atoms with Crippen LogP contribution in [0.15, 0.2) is 12.2 Å². The Hall–Kier alpha value is -2.54. The van der Waals surface area contributed by atoms with Gasteiger partial charge in [0.15, 0.2) is 24.6 Å². The first kappa shape index (κ1) is 76.5. The molecule has 0 amide bonds. The Labute approximate surface area is 496 Å². The number of esters is 3. The van der Waals surface area contributed by atoms with Crippen molar-refractivity contribution in [3.63, 3.8) is 0 Å². The number of unbranched alkanes of at least 4 members (excludes halogenated alkanes) is 45. The second-order valence-corrected chi connectivity index (χ2v) is 24.2. The van der Waals surface area contributed by atoms with Crippen LogP contribution >= 0.6 is 0 Å². The SMILES string of the molecule is CCCCCC/C=C\CCCCCCCC(=O)OC(COC(=O)CCCCCCCCCCCCCCCCCCCCC)COC1OC(C(=O)O)C(O)C(O)C1OC(=O)CCCCCCCCCCCCCCCCCCCCC. The van der Waals surface area contributed by atoms with Crippen molar-refractivity contribution in [3.05, 3.63) is 12.2 Å². The van der Waals surface area contributed by atoms with Crippen LogP contribution in [0.5, 0.6) is 0 Å². The number of carboxylic acid groups (broad SMARTS) is 1. The number of carboxylic acids is 1. The monoisotopic (exact) mass is 1150 g/mol. The highest BCUT2D eigenvalue weighted by Crippen LogP contribution is 2.27. The zero-order chi connectivity index (χ0) is 58.9. The minimum atomic E-state index is -1.90. The van der Waals surface area contributed by atoms with Gasteiger partial charge < -0.3 is 39.0 Å². The average molecular weight is 1150 g/mol. The Morgan fingerprint density at radius 1 is 0.395 bits per heavy atom. The van der Waals surface area contributed by atoms with Gasteiger partial charge in [0.05, 0.1) is 6.61 Å². The smallest absolute Gasteiger partial charge is 0.335 e. The zero-order valence-electron chi connectivity index (χ0n) is 52.8. The quantitative estimate of drug-likeness (QED) is 0.0228. The normalized spacial score (nSPS) is 17.7. The molecule has 1 heterocycles. The van der Waals surface area contributed by atoms with Gasteiger partial charge in [-0.3, -0.25) is 14.4 Å². The molecule has 0 aromatic carbocycles. The Bertz CT molecular complexity index is 1460. The van der Waals surface area contributed by atoms with E-state index in [-0.39, 0.29) is 25.9 Å². The molecule has 3 N–H and O–H groups in total. The lowest BCUT2D eigenvalue weighted by Crippen LogP contribution is -2.61. The van der Waals surface area contributed by atoms with Gasteiger partial charge in [0.2, 0.25) is 0 Å². The molecule has 1 saturated heterocycles. The van der Waals surface area contributed by atoms with Gasteiger partial charge in [0.25, 0.3) is 0 Å². The molecule has 6 atom stereocenters. The van der Waals surface area contributed by atoms with Crippen LogP contribution in [-0.4, -0.2) is 89.2 Å².